The van der Waals surface area contributed by atoms with E-state index < -0.39 is 0 Å². The maximum absolute atomic E-state index is 12.8. The van der Waals surface area contributed by atoms with Crippen LogP contribution >= 0.6 is 0 Å². The summed E-state index contributed by atoms with van der Waals surface area (Å²) in [5.41, 5.74) is 3.82. The lowest BCUT2D eigenvalue weighted by Crippen LogP contribution is -2.18. The molecule has 5 heteroatoms. The van der Waals surface area contributed by atoms with Gasteiger partial charge in [0.15, 0.2) is 5.78 Å². The van der Waals surface area contributed by atoms with Crippen molar-refractivity contribution in [3.63, 3.8) is 0 Å². The number of carbonyl (C=O) groups is 2. The van der Waals surface area contributed by atoms with Crippen LogP contribution in [0.5, 0.6) is 5.75 Å². The largest absolute Gasteiger partial charge is 0.494 e. The standard InChI is InChI=1S/C23H27NO4/c1-3-27-17-10-8-15(9-11-17)16-12-19-21(20(25)13-16)14(2)22(24-19)23(26)28-18-6-4-5-7-18/h8-11,16,18,24H,3-7,12-13H2,1-2H3/t16-/m1/s1. The number of aromatic nitrogens is 1. The van der Waals surface area contributed by atoms with Crippen LogP contribution in [-0.2, 0) is 11.2 Å². The van der Waals surface area contributed by atoms with Crippen molar-refractivity contribution in [2.24, 2.45) is 0 Å². The Morgan fingerprint density at radius 1 is 1.14 bits per heavy atom. The first-order valence-corrected chi connectivity index (χ1v) is 10.2. The molecule has 0 bridgehead atoms. The number of Topliss-reactive ketones (excluding diaryl/α,β-unsaturated/α-hetero) is 1. The van der Waals surface area contributed by atoms with Gasteiger partial charge in [0, 0.05) is 17.7 Å². The van der Waals surface area contributed by atoms with E-state index in [9.17, 15) is 9.59 Å². The molecule has 28 heavy (non-hydrogen) atoms. The van der Waals surface area contributed by atoms with Gasteiger partial charge in [-0.3, -0.25) is 4.79 Å². The minimum atomic E-state index is -0.329. The van der Waals surface area contributed by atoms with E-state index in [1.807, 2.05) is 38.1 Å². The normalized spacial score (nSPS) is 19.5. The predicted octanol–water partition coefficient (Wildman–Crippen LogP) is 4.73. The molecule has 1 aromatic heterocycles. The van der Waals surface area contributed by atoms with Gasteiger partial charge in [0.2, 0.25) is 0 Å². The third-order valence-corrected chi connectivity index (χ3v) is 5.93. The lowest BCUT2D eigenvalue weighted by molar-refractivity contribution is 0.0310. The van der Waals surface area contributed by atoms with Gasteiger partial charge in [0.05, 0.1) is 6.61 Å². The Balaban J connectivity index is 1.54. The monoisotopic (exact) mass is 381 g/mol. The van der Waals surface area contributed by atoms with Gasteiger partial charge in [-0.15, -0.1) is 0 Å². The highest BCUT2D eigenvalue weighted by atomic mass is 16.5. The summed E-state index contributed by atoms with van der Waals surface area (Å²) >= 11 is 0. The van der Waals surface area contributed by atoms with E-state index in [1.54, 1.807) is 0 Å². The molecular weight excluding hydrogens is 354 g/mol. The third-order valence-electron chi connectivity index (χ3n) is 5.93. The molecule has 1 atom stereocenters. The second-order valence-electron chi connectivity index (χ2n) is 7.82. The van der Waals surface area contributed by atoms with Crippen molar-refractivity contribution in [2.45, 2.75) is 64.4 Å². The zero-order valence-electron chi connectivity index (χ0n) is 16.5. The molecular formula is C23H27NO4. The lowest BCUT2D eigenvalue weighted by Gasteiger charge is -2.22. The van der Waals surface area contributed by atoms with Gasteiger partial charge < -0.3 is 14.5 Å². The average Bonchev–Trinajstić information content (AvgIpc) is 3.30. The van der Waals surface area contributed by atoms with Crippen LogP contribution in [-0.4, -0.2) is 29.4 Å². The molecule has 0 saturated heterocycles. The molecule has 0 spiro atoms. The van der Waals surface area contributed by atoms with E-state index in [-0.39, 0.29) is 23.8 Å². The molecule has 1 aromatic carbocycles. The highest BCUT2D eigenvalue weighted by molar-refractivity contribution is 6.03. The molecule has 1 fully saturated rings. The summed E-state index contributed by atoms with van der Waals surface area (Å²) in [6, 6.07) is 7.95. The topological polar surface area (TPSA) is 68.4 Å². The number of hydrogen-bond donors (Lipinski definition) is 1. The predicted molar refractivity (Wildman–Crippen MR) is 106 cm³/mol. The van der Waals surface area contributed by atoms with Crippen molar-refractivity contribution in [2.75, 3.05) is 6.61 Å². The molecule has 5 nitrogen and oxygen atoms in total. The second kappa shape index (κ2) is 7.82. The Morgan fingerprint density at radius 3 is 2.54 bits per heavy atom. The van der Waals surface area contributed by atoms with Crippen molar-refractivity contribution in [3.8, 4) is 5.75 Å². The zero-order valence-corrected chi connectivity index (χ0v) is 16.5. The Hall–Kier alpha value is -2.56. The van der Waals surface area contributed by atoms with E-state index in [4.69, 9.17) is 9.47 Å². The van der Waals surface area contributed by atoms with Gasteiger partial charge in [0.25, 0.3) is 0 Å². The summed E-state index contributed by atoms with van der Waals surface area (Å²) in [5, 5.41) is 0. The van der Waals surface area contributed by atoms with Gasteiger partial charge in [-0.05, 0) is 75.1 Å². The first-order valence-electron chi connectivity index (χ1n) is 10.2. The molecule has 1 heterocycles. The van der Waals surface area contributed by atoms with E-state index >= 15 is 0 Å². The highest BCUT2D eigenvalue weighted by Crippen LogP contribution is 2.36. The summed E-state index contributed by atoms with van der Waals surface area (Å²) in [4.78, 5) is 28.7. The number of carbonyl (C=O) groups excluding carboxylic acids is 2. The van der Waals surface area contributed by atoms with Crippen LogP contribution in [0, 0.1) is 6.92 Å². The van der Waals surface area contributed by atoms with Crippen molar-refractivity contribution in [1.29, 1.82) is 0 Å². The number of aromatic amines is 1. The number of rotatable bonds is 5. The first-order chi connectivity index (χ1) is 13.6. The van der Waals surface area contributed by atoms with Crippen molar-refractivity contribution >= 4 is 11.8 Å². The fraction of sp³-hybridized carbons (Fsp3) is 0.478. The molecule has 0 unspecified atom stereocenters. The zero-order chi connectivity index (χ0) is 19.7. The molecule has 0 radical (unpaired) electrons. The summed E-state index contributed by atoms with van der Waals surface area (Å²) in [5.74, 6) is 0.701. The van der Waals surface area contributed by atoms with Crippen molar-refractivity contribution in [1.82, 2.24) is 4.98 Å². The number of esters is 1. The summed E-state index contributed by atoms with van der Waals surface area (Å²) in [6.07, 6.45) is 5.28. The van der Waals surface area contributed by atoms with Gasteiger partial charge >= 0.3 is 5.97 Å². The van der Waals surface area contributed by atoms with Crippen LogP contribution in [0.25, 0.3) is 0 Å². The smallest absolute Gasteiger partial charge is 0.355 e. The van der Waals surface area contributed by atoms with E-state index in [0.29, 0.717) is 30.7 Å². The fourth-order valence-electron chi connectivity index (χ4n) is 4.49. The van der Waals surface area contributed by atoms with Gasteiger partial charge in [-0.25, -0.2) is 4.79 Å². The Labute approximate surface area is 165 Å². The third kappa shape index (κ3) is 3.58. The maximum atomic E-state index is 12.8. The Morgan fingerprint density at radius 2 is 1.86 bits per heavy atom. The summed E-state index contributed by atoms with van der Waals surface area (Å²) in [7, 11) is 0. The summed E-state index contributed by atoms with van der Waals surface area (Å²) in [6.45, 7) is 4.43. The minimum absolute atomic E-state index is 0.0135. The molecule has 2 aromatic rings. The van der Waals surface area contributed by atoms with Crippen molar-refractivity contribution in [3.05, 3.63) is 52.3 Å². The molecule has 0 aliphatic heterocycles. The van der Waals surface area contributed by atoms with E-state index in [2.05, 4.69) is 4.98 Å². The number of ketones is 1. The molecule has 0 amide bonds. The second-order valence-corrected chi connectivity index (χ2v) is 7.82. The Bertz CT molecular complexity index is 875. The number of fused-ring (bicyclic) bond motifs is 1. The van der Waals surface area contributed by atoms with Gasteiger partial charge in [-0.1, -0.05) is 12.1 Å². The number of benzene rings is 1. The number of ether oxygens (including phenoxy) is 2. The van der Waals surface area contributed by atoms with E-state index in [1.165, 1.54) is 0 Å². The number of H-pyrrole nitrogens is 1. The molecule has 148 valence electrons. The Kier molecular flexibility index (Phi) is 5.25. The lowest BCUT2D eigenvalue weighted by atomic mass is 9.81. The molecule has 2 aliphatic carbocycles. The van der Waals surface area contributed by atoms with Gasteiger partial charge in [-0.2, -0.15) is 0 Å². The molecule has 4 rings (SSSR count). The first kappa shape index (κ1) is 18.8. The molecule has 2 aliphatic rings. The van der Waals surface area contributed by atoms with Crippen LogP contribution in [0.2, 0.25) is 0 Å². The van der Waals surface area contributed by atoms with Crippen LogP contribution in [0.4, 0.5) is 0 Å². The van der Waals surface area contributed by atoms with Crippen LogP contribution in [0.3, 0.4) is 0 Å². The fourth-order valence-corrected chi connectivity index (χ4v) is 4.49. The van der Waals surface area contributed by atoms with Crippen molar-refractivity contribution < 1.29 is 19.1 Å². The molecule has 1 N–H and O–H groups in total. The van der Waals surface area contributed by atoms with Crippen LogP contribution < -0.4 is 4.74 Å². The van der Waals surface area contributed by atoms with Gasteiger partial charge in [0.1, 0.15) is 17.5 Å². The number of nitrogens with one attached hydrogen (secondary N) is 1. The average molecular weight is 381 g/mol. The SMILES string of the molecule is CCOc1ccc([C@H]2CC(=O)c3c([nH]c(C(=O)OC4CCCC4)c3C)C2)cc1. The summed E-state index contributed by atoms with van der Waals surface area (Å²) < 4.78 is 11.1. The maximum Gasteiger partial charge on any atom is 0.355 e. The van der Waals surface area contributed by atoms with E-state index in [0.717, 1.165) is 48.3 Å². The molecule has 1 saturated carbocycles. The number of hydrogen-bond acceptors (Lipinski definition) is 4. The van der Waals surface area contributed by atoms with Crippen LogP contribution in [0.1, 0.15) is 82.6 Å². The minimum Gasteiger partial charge on any atom is -0.494 e. The highest BCUT2D eigenvalue weighted by Gasteiger charge is 2.33. The van der Waals surface area contributed by atoms with Crippen LogP contribution in [0.15, 0.2) is 24.3 Å². The quantitative estimate of drug-likeness (QED) is 0.760.